The molecule has 1 amide bonds. The van der Waals surface area contributed by atoms with Gasteiger partial charge in [0.2, 0.25) is 0 Å². The molecule has 2 aromatic carbocycles. The number of aryl methyl sites for hydroxylation is 1. The standard InChI is InChI=1S/C25H23N3O4S2/c1-16-13-19(32-2)10-11-20(16)23-17(15-28(26-23)18-7-4-3-5-8-18)14-21-24(31)27(25(33)34-21)12-6-9-22(29)30/h3-5,7-8,10-11,13-15H,6,9,12H2,1-2H3,(H,29,30)/b21-14-. The van der Waals surface area contributed by atoms with Gasteiger partial charge in [-0.1, -0.05) is 42.2 Å². The van der Waals surface area contributed by atoms with Gasteiger partial charge in [0.15, 0.2) is 0 Å². The number of carbonyl (C=O) groups is 2. The second-order valence-electron chi connectivity index (χ2n) is 7.72. The van der Waals surface area contributed by atoms with E-state index in [0.29, 0.717) is 15.6 Å². The van der Waals surface area contributed by atoms with Crippen molar-refractivity contribution in [2.45, 2.75) is 19.8 Å². The molecule has 4 rings (SSSR count). The molecule has 0 radical (unpaired) electrons. The van der Waals surface area contributed by atoms with Crippen LogP contribution in [0.25, 0.3) is 23.0 Å². The Morgan fingerprint density at radius 2 is 2.00 bits per heavy atom. The Labute approximate surface area is 207 Å². The molecule has 1 fully saturated rings. The fourth-order valence-corrected chi connectivity index (χ4v) is 4.97. The SMILES string of the molecule is COc1ccc(-c2nn(-c3ccccc3)cc2/C=C2\SC(=S)N(CCCC(=O)O)C2=O)c(C)c1. The van der Waals surface area contributed by atoms with E-state index in [1.165, 1.54) is 16.7 Å². The highest BCUT2D eigenvalue weighted by molar-refractivity contribution is 8.26. The first-order valence-electron chi connectivity index (χ1n) is 10.6. The molecule has 1 aromatic heterocycles. The van der Waals surface area contributed by atoms with Gasteiger partial charge in [0.05, 0.1) is 17.7 Å². The number of rotatable bonds is 8. The predicted molar refractivity (Wildman–Crippen MR) is 137 cm³/mol. The Kier molecular flexibility index (Phi) is 7.14. The van der Waals surface area contributed by atoms with Gasteiger partial charge in [0.25, 0.3) is 5.91 Å². The molecule has 0 bridgehead atoms. The molecule has 0 spiro atoms. The van der Waals surface area contributed by atoms with Gasteiger partial charge in [-0.2, -0.15) is 5.10 Å². The molecular weight excluding hydrogens is 470 g/mol. The topological polar surface area (TPSA) is 84.7 Å². The number of hydrogen-bond donors (Lipinski definition) is 1. The minimum absolute atomic E-state index is 0.0130. The number of nitrogens with zero attached hydrogens (tertiary/aromatic N) is 3. The Balaban J connectivity index is 1.73. The molecule has 34 heavy (non-hydrogen) atoms. The molecule has 9 heteroatoms. The van der Waals surface area contributed by atoms with Crippen LogP contribution in [0.2, 0.25) is 0 Å². The third kappa shape index (κ3) is 5.05. The summed E-state index contributed by atoms with van der Waals surface area (Å²) in [5, 5.41) is 13.7. The van der Waals surface area contributed by atoms with Crippen molar-refractivity contribution in [2.75, 3.05) is 13.7 Å². The number of hydrogen-bond acceptors (Lipinski definition) is 6. The molecule has 0 unspecified atom stereocenters. The fraction of sp³-hybridized carbons (Fsp3) is 0.200. The number of aromatic nitrogens is 2. The van der Waals surface area contributed by atoms with E-state index in [1.54, 1.807) is 11.8 Å². The predicted octanol–water partition coefficient (Wildman–Crippen LogP) is 4.92. The highest BCUT2D eigenvalue weighted by Crippen LogP contribution is 2.36. The van der Waals surface area contributed by atoms with Crippen LogP contribution in [0.1, 0.15) is 24.0 Å². The van der Waals surface area contributed by atoms with E-state index >= 15 is 0 Å². The zero-order valence-corrected chi connectivity index (χ0v) is 20.4. The number of thiocarbonyl (C=S) groups is 1. The number of amides is 1. The molecular formula is C25H23N3O4S2. The third-order valence-electron chi connectivity index (χ3n) is 5.38. The number of carboxylic acids is 1. The summed E-state index contributed by atoms with van der Waals surface area (Å²) in [5.74, 6) is -0.355. The molecule has 1 saturated heterocycles. The molecule has 7 nitrogen and oxygen atoms in total. The van der Waals surface area contributed by atoms with Crippen molar-refractivity contribution in [3.8, 4) is 22.7 Å². The normalized spacial score (nSPS) is 14.8. The maximum atomic E-state index is 13.0. The summed E-state index contributed by atoms with van der Waals surface area (Å²) < 4.78 is 7.56. The monoisotopic (exact) mass is 493 g/mol. The van der Waals surface area contributed by atoms with Crippen LogP contribution in [0.4, 0.5) is 0 Å². The molecule has 0 atom stereocenters. The second kappa shape index (κ2) is 10.2. The summed E-state index contributed by atoms with van der Waals surface area (Å²) in [6, 6.07) is 15.5. The van der Waals surface area contributed by atoms with Gasteiger partial charge in [-0.15, -0.1) is 0 Å². The van der Waals surface area contributed by atoms with Gasteiger partial charge in [-0.3, -0.25) is 14.5 Å². The lowest BCUT2D eigenvalue weighted by Gasteiger charge is -2.13. The number of carboxylic acid groups (broad SMARTS) is 1. The van der Waals surface area contributed by atoms with Crippen molar-refractivity contribution < 1.29 is 19.4 Å². The number of ether oxygens (including phenoxy) is 1. The number of para-hydroxylation sites is 1. The van der Waals surface area contributed by atoms with Gasteiger partial charge >= 0.3 is 5.97 Å². The van der Waals surface area contributed by atoms with Crippen molar-refractivity contribution in [1.29, 1.82) is 0 Å². The maximum Gasteiger partial charge on any atom is 0.303 e. The summed E-state index contributed by atoms with van der Waals surface area (Å²) >= 11 is 6.61. The Morgan fingerprint density at radius 1 is 1.24 bits per heavy atom. The summed E-state index contributed by atoms with van der Waals surface area (Å²) in [5.41, 5.74) is 4.34. The van der Waals surface area contributed by atoms with E-state index in [9.17, 15) is 9.59 Å². The van der Waals surface area contributed by atoms with Crippen molar-refractivity contribution in [2.24, 2.45) is 0 Å². The van der Waals surface area contributed by atoms with Crippen LogP contribution in [0, 0.1) is 6.92 Å². The first-order valence-corrected chi connectivity index (χ1v) is 11.9. The summed E-state index contributed by atoms with van der Waals surface area (Å²) in [7, 11) is 1.63. The van der Waals surface area contributed by atoms with Crippen molar-refractivity contribution in [3.05, 3.63) is 70.8 Å². The molecule has 1 aliphatic heterocycles. The van der Waals surface area contributed by atoms with E-state index in [-0.39, 0.29) is 18.9 Å². The molecule has 0 aliphatic carbocycles. The average molecular weight is 494 g/mol. The van der Waals surface area contributed by atoms with Crippen molar-refractivity contribution >= 4 is 46.3 Å². The first-order chi connectivity index (χ1) is 16.4. The fourth-order valence-electron chi connectivity index (χ4n) is 3.67. The number of aliphatic carboxylic acids is 1. The van der Waals surface area contributed by atoms with Crippen molar-refractivity contribution in [1.82, 2.24) is 14.7 Å². The minimum Gasteiger partial charge on any atom is -0.497 e. The van der Waals surface area contributed by atoms with Crippen LogP contribution in [0.15, 0.2) is 59.6 Å². The van der Waals surface area contributed by atoms with Gasteiger partial charge in [-0.25, -0.2) is 4.68 Å². The van der Waals surface area contributed by atoms with Crippen LogP contribution in [0.3, 0.4) is 0 Å². The lowest BCUT2D eigenvalue weighted by atomic mass is 10.0. The lowest BCUT2D eigenvalue weighted by Crippen LogP contribution is -2.29. The number of carbonyl (C=O) groups excluding carboxylic acids is 1. The van der Waals surface area contributed by atoms with Gasteiger partial charge < -0.3 is 9.84 Å². The Morgan fingerprint density at radius 3 is 2.68 bits per heavy atom. The molecule has 1 N–H and O–H groups in total. The van der Waals surface area contributed by atoms with Gasteiger partial charge in [-0.05, 0) is 55.3 Å². The van der Waals surface area contributed by atoms with E-state index < -0.39 is 5.97 Å². The highest BCUT2D eigenvalue weighted by atomic mass is 32.2. The zero-order valence-electron chi connectivity index (χ0n) is 18.7. The van der Waals surface area contributed by atoms with E-state index in [1.807, 2.05) is 67.7 Å². The number of methoxy groups -OCH3 is 1. The summed E-state index contributed by atoms with van der Waals surface area (Å²) in [6.07, 6.45) is 4.03. The van der Waals surface area contributed by atoms with E-state index in [0.717, 1.165) is 33.8 Å². The quantitative estimate of drug-likeness (QED) is 0.352. The largest absolute Gasteiger partial charge is 0.497 e. The number of thioether (sulfide) groups is 1. The minimum atomic E-state index is -0.895. The van der Waals surface area contributed by atoms with Gasteiger partial charge in [0, 0.05) is 30.3 Å². The Hall–Kier alpha value is -3.43. The zero-order chi connectivity index (χ0) is 24.2. The molecule has 3 aromatic rings. The number of benzene rings is 2. The summed E-state index contributed by atoms with van der Waals surface area (Å²) in [4.78, 5) is 25.8. The van der Waals surface area contributed by atoms with Crippen LogP contribution in [-0.4, -0.2) is 49.6 Å². The molecule has 2 heterocycles. The van der Waals surface area contributed by atoms with Crippen LogP contribution in [0.5, 0.6) is 5.75 Å². The Bertz CT molecular complexity index is 1280. The van der Waals surface area contributed by atoms with Gasteiger partial charge in [0.1, 0.15) is 15.8 Å². The summed E-state index contributed by atoms with van der Waals surface area (Å²) in [6.45, 7) is 2.27. The first kappa shape index (κ1) is 23.7. The molecule has 0 saturated carbocycles. The molecule has 174 valence electrons. The highest BCUT2D eigenvalue weighted by Gasteiger charge is 2.32. The van der Waals surface area contributed by atoms with Crippen molar-refractivity contribution in [3.63, 3.8) is 0 Å². The van der Waals surface area contributed by atoms with E-state index in [2.05, 4.69) is 0 Å². The maximum absolute atomic E-state index is 13.0. The third-order valence-corrected chi connectivity index (χ3v) is 6.76. The van der Waals surface area contributed by atoms with Crippen LogP contribution in [-0.2, 0) is 9.59 Å². The van der Waals surface area contributed by atoms with Crippen LogP contribution >= 0.6 is 24.0 Å². The lowest BCUT2D eigenvalue weighted by molar-refractivity contribution is -0.137. The average Bonchev–Trinajstić information content (AvgIpc) is 3.35. The van der Waals surface area contributed by atoms with E-state index in [4.69, 9.17) is 27.2 Å². The molecule has 1 aliphatic rings. The van der Waals surface area contributed by atoms with Crippen LogP contribution < -0.4 is 4.74 Å². The smallest absolute Gasteiger partial charge is 0.303 e. The second-order valence-corrected chi connectivity index (χ2v) is 9.40.